The molecule has 2 aromatic rings. The minimum Gasteiger partial charge on any atom is -0.483 e. The van der Waals surface area contributed by atoms with E-state index in [1.807, 2.05) is 26.0 Å². The monoisotopic (exact) mass is 375 g/mol. The third kappa shape index (κ3) is 4.80. The normalized spacial score (nSPS) is 17.9. The predicted octanol–water partition coefficient (Wildman–Crippen LogP) is 4.19. The SMILES string of the molecule is Cc1cccc(O[C@H](C)c2nnc(NC(=O)CC[C@H]3CCCO3)s2)c1C. The zero-order chi connectivity index (χ0) is 18.5. The van der Waals surface area contributed by atoms with E-state index in [0.717, 1.165) is 42.2 Å². The van der Waals surface area contributed by atoms with Gasteiger partial charge in [0.05, 0.1) is 6.10 Å². The Balaban J connectivity index is 1.53. The summed E-state index contributed by atoms with van der Waals surface area (Å²) in [7, 11) is 0. The lowest BCUT2D eigenvalue weighted by Gasteiger charge is -2.15. The molecule has 2 heterocycles. The largest absolute Gasteiger partial charge is 0.483 e. The van der Waals surface area contributed by atoms with Gasteiger partial charge in [0.25, 0.3) is 0 Å². The summed E-state index contributed by atoms with van der Waals surface area (Å²) in [6, 6.07) is 5.99. The summed E-state index contributed by atoms with van der Waals surface area (Å²) in [6.07, 6.45) is 3.31. The highest BCUT2D eigenvalue weighted by Crippen LogP contribution is 2.29. The number of carbonyl (C=O) groups is 1. The van der Waals surface area contributed by atoms with E-state index in [1.165, 1.54) is 16.9 Å². The molecular formula is C19H25N3O3S. The zero-order valence-electron chi connectivity index (χ0n) is 15.4. The van der Waals surface area contributed by atoms with Gasteiger partial charge >= 0.3 is 0 Å². The molecule has 1 aromatic carbocycles. The van der Waals surface area contributed by atoms with Gasteiger partial charge in [-0.25, -0.2) is 0 Å². The smallest absolute Gasteiger partial charge is 0.226 e. The second-order valence-corrected chi connectivity index (χ2v) is 7.63. The molecule has 0 radical (unpaired) electrons. The first-order chi connectivity index (χ1) is 12.5. The summed E-state index contributed by atoms with van der Waals surface area (Å²) < 4.78 is 11.6. The van der Waals surface area contributed by atoms with Gasteiger partial charge in [-0.2, -0.15) is 0 Å². The van der Waals surface area contributed by atoms with Crippen LogP contribution in [0.1, 0.15) is 54.8 Å². The number of hydrogen-bond acceptors (Lipinski definition) is 6. The number of aryl methyl sites for hydroxylation is 1. The number of rotatable bonds is 7. The van der Waals surface area contributed by atoms with Crippen molar-refractivity contribution in [3.63, 3.8) is 0 Å². The van der Waals surface area contributed by atoms with E-state index in [0.29, 0.717) is 11.6 Å². The molecule has 1 amide bonds. The van der Waals surface area contributed by atoms with Crippen molar-refractivity contribution in [1.82, 2.24) is 10.2 Å². The molecule has 0 saturated carbocycles. The first-order valence-electron chi connectivity index (χ1n) is 9.00. The highest BCUT2D eigenvalue weighted by Gasteiger charge is 2.19. The molecule has 2 atom stereocenters. The Kier molecular flexibility index (Phi) is 6.21. The molecule has 0 unspecified atom stereocenters. The van der Waals surface area contributed by atoms with Gasteiger partial charge in [-0.3, -0.25) is 4.79 Å². The van der Waals surface area contributed by atoms with Crippen molar-refractivity contribution in [3.05, 3.63) is 34.3 Å². The fourth-order valence-electron chi connectivity index (χ4n) is 2.89. The molecule has 6 nitrogen and oxygen atoms in total. The standard InChI is InChI=1S/C19H25N3O3S/c1-12-6-4-8-16(13(12)2)25-14(3)18-21-22-19(26-18)20-17(23)10-9-15-7-5-11-24-15/h4,6,8,14-15H,5,7,9-11H2,1-3H3,(H,20,22,23)/t14-,15-/m1/s1. The lowest BCUT2D eigenvalue weighted by Crippen LogP contribution is -2.15. The Bertz CT molecular complexity index is 756. The fourth-order valence-corrected chi connectivity index (χ4v) is 3.63. The average molecular weight is 375 g/mol. The average Bonchev–Trinajstić information content (AvgIpc) is 3.29. The van der Waals surface area contributed by atoms with Crippen molar-refractivity contribution in [1.29, 1.82) is 0 Å². The van der Waals surface area contributed by atoms with Crippen LogP contribution in [0.25, 0.3) is 0 Å². The van der Waals surface area contributed by atoms with E-state index >= 15 is 0 Å². The zero-order valence-corrected chi connectivity index (χ0v) is 16.3. The minimum atomic E-state index is -0.231. The number of nitrogens with zero attached hydrogens (tertiary/aromatic N) is 2. The van der Waals surface area contributed by atoms with Crippen molar-refractivity contribution in [2.75, 3.05) is 11.9 Å². The van der Waals surface area contributed by atoms with Gasteiger partial charge in [-0.1, -0.05) is 23.5 Å². The molecule has 140 valence electrons. The summed E-state index contributed by atoms with van der Waals surface area (Å²) in [5.41, 5.74) is 2.30. The first kappa shape index (κ1) is 18.8. The van der Waals surface area contributed by atoms with Crippen LogP contribution >= 0.6 is 11.3 Å². The van der Waals surface area contributed by atoms with Crippen LogP contribution < -0.4 is 10.1 Å². The van der Waals surface area contributed by atoms with E-state index in [1.54, 1.807) is 0 Å². The van der Waals surface area contributed by atoms with Gasteiger partial charge in [-0.05, 0) is 57.2 Å². The topological polar surface area (TPSA) is 73.3 Å². The van der Waals surface area contributed by atoms with Crippen molar-refractivity contribution in [2.24, 2.45) is 0 Å². The molecular weight excluding hydrogens is 350 g/mol. The van der Waals surface area contributed by atoms with Crippen LogP contribution in [0.2, 0.25) is 0 Å². The number of nitrogens with one attached hydrogen (secondary N) is 1. The first-order valence-corrected chi connectivity index (χ1v) is 9.82. The van der Waals surface area contributed by atoms with Gasteiger partial charge < -0.3 is 14.8 Å². The highest BCUT2D eigenvalue weighted by atomic mass is 32.1. The number of hydrogen-bond donors (Lipinski definition) is 1. The Hall–Kier alpha value is -1.99. The van der Waals surface area contributed by atoms with E-state index in [-0.39, 0.29) is 18.1 Å². The summed E-state index contributed by atoms with van der Waals surface area (Å²) in [6.45, 7) is 6.84. The molecule has 1 aliphatic heterocycles. The summed E-state index contributed by atoms with van der Waals surface area (Å²) in [4.78, 5) is 12.1. The van der Waals surface area contributed by atoms with E-state index in [2.05, 4.69) is 28.5 Å². The molecule has 1 saturated heterocycles. The predicted molar refractivity (Wildman–Crippen MR) is 102 cm³/mol. The quantitative estimate of drug-likeness (QED) is 0.785. The van der Waals surface area contributed by atoms with Crippen LogP contribution in [0.3, 0.4) is 0 Å². The molecule has 3 rings (SSSR count). The Labute approximate surface area is 157 Å². The van der Waals surface area contributed by atoms with Gasteiger partial charge in [0.15, 0.2) is 5.01 Å². The van der Waals surface area contributed by atoms with E-state index < -0.39 is 0 Å². The van der Waals surface area contributed by atoms with E-state index in [4.69, 9.17) is 9.47 Å². The molecule has 1 fully saturated rings. The number of aromatic nitrogens is 2. The minimum absolute atomic E-state index is 0.0497. The van der Waals surface area contributed by atoms with Crippen LogP contribution in [0.5, 0.6) is 5.75 Å². The summed E-state index contributed by atoms with van der Waals surface area (Å²) in [5.74, 6) is 0.793. The lowest BCUT2D eigenvalue weighted by molar-refractivity contribution is -0.116. The molecule has 1 N–H and O–H groups in total. The van der Waals surface area contributed by atoms with Crippen molar-refractivity contribution in [3.8, 4) is 5.75 Å². The Morgan fingerprint density at radius 2 is 2.27 bits per heavy atom. The molecule has 7 heteroatoms. The lowest BCUT2D eigenvalue weighted by atomic mass is 10.1. The molecule has 1 aliphatic rings. The molecule has 1 aromatic heterocycles. The van der Waals surface area contributed by atoms with Crippen molar-refractivity contribution < 1.29 is 14.3 Å². The number of anilines is 1. The number of amides is 1. The Morgan fingerprint density at radius 3 is 3.04 bits per heavy atom. The molecule has 0 spiro atoms. The number of ether oxygens (including phenoxy) is 2. The maximum absolute atomic E-state index is 12.1. The summed E-state index contributed by atoms with van der Waals surface area (Å²) >= 11 is 1.35. The molecule has 26 heavy (non-hydrogen) atoms. The Morgan fingerprint density at radius 1 is 1.42 bits per heavy atom. The maximum atomic E-state index is 12.1. The van der Waals surface area contributed by atoms with Crippen molar-refractivity contribution >= 4 is 22.4 Å². The highest BCUT2D eigenvalue weighted by molar-refractivity contribution is 7.15. The third-order valence-electron chi connectivity index (χ3n) is 4.61. The second kappa shape index (κ2) is 8.60. The van der Waals surface area contributed by atoms with Gasteiger partial charge in [0, 0.05) is 13.0 Å². The fraction of sp³-hybridized carbons (Fsp3) is 0.526. The van der Waals surface area contributed by atoms with Gasteiger partial charge in [0.1, 0.15) is 11.9 Å². The summed E-state index contributed by atoms with van der Waals surface area (Å²) in [5, 5.41) is 12.3. The van der Waals surface area contributed by atoms with Gasteiger partial charge in [-0.15, -0.1) is 10.2 Å². The molecule has 0 aliphatic carbocycles. The van der Waals surface area contributed by atoms with Crippen molar-refractivity contribution in [2.45, 2.75) is 58.7 Å². The number of benzene rings is 1. The van der Waals surface area contributed by atoms with Crippen LogP contribution in [-0.2, 0) is 9.53 Å². The van der Waals surface area contributed by atoms with Crippen LogP contribution in [0.15, 0.2) is 18.2 Å². The van der Waals surface area contributed by atoms with Gasteiger partial charge in [0.2, 0.25) is 11.0 Å². The second-order valence-electron chi connectivity index (χ2n) is 6.63. The van der Waals surface area contributed by atoms with Crippen LogP contribution in [-0.4, -0.2) is 28.8 Å². The number of carbonyl (C=O) groups excluding carboxylic acids is 1. The maximum Gasteiger partial charge on any atom is 0.226 e. The van der Waals surface area contributed by atoms with Crippen LogP contribution in [0, 0.1) is 13.8 Å². The molecule has 0 bridgehead atoms. The third-order valence-corrected chi connectivity index (χ3v) is 5.61. The van der Waals surface area contributed by atoms with Crippen LogP contribution in [0.4, 0.5) is 5.13 Å². The van der Waals surface area contributed by atoms with E-state index in [9.17, 15) is 4.79 Å².